The van der Waals surface area contributed by atoms with Crippen LogP contribution in [0, 0.1) is 0 Å². The minimum absolute atomic E-state index is 0.0482. The van der Waals surface area contributed by atoms with Crippen LogP contribution < -0.4 is 0 Å². The molecule has 1 aliphatic heterocycles. The van der Waals surface area contributed by atoms with Crippen LogP contribution in [-0.2, 0) is 9.63 Å². The predicted molar refractivity (Wildman–Crippen MR) is 70.2 cm³/mol. The number of oxime groups is 1. The van der Waals surface area contributed by atoms with Gasteiger partial charge in [-0.25, -0.2) is 0 Å². The molecule has 17 heavy (non-hydrogen) atoms. The number of unbranched alkanes of at least 4 members (excludes halogenated alkanes) is 6. The minimum Gasteiger partial charge on any atom is -0.392 e. The van der Waals surface area contributed by atoms with Crippen LogP contribution in [0.3, 0.4) is 0 Å². The zero-order valence-corrected chi connectivity index (χ0v) is 11.2. The van der Waals surface area contributed by atoms with Gasteiger partial charge in [-0.1, -0.05) is 50.6 Å². The first kappa shape index (κ1) is 14.2. The Morgan fingerprint density at radius 2 is 1.88 bits per heavy atom. The van der Waals surface area contributed by atoms with Gasteiger partial charge in [0, 0.05) is 13.3 Å². The summed E-state index contributed by atoms with van der Waals surface area (Å²) < 4.78 is 0. The number of nitrogens with zero attached hydrogens (tertiary/aromatic N) is 1. The molecule has 0 saturated heterocycles. The van der Waals surface area contributed by atoms with Crippen LogP contribution in [0.25, 0.3) is 0 Å². The van der Waals surface area contributed by atoms with Crippen LogP contribution >= 0.6 is 0 Å². The number of Topliss-reactive ketones (excluding diaryl/α,β-unsaturated/α-hetero) is 1. The molecule has 0 spiro atoms. The van der Waals surface area contributed by atoms with E-state index in [4.69, 9.17) is 4.84 Å². The van der Waals surface area contributed by atoms with Crippen molar-refractivity contribution in [3.05, 3.63) is 0 Å². The summed E-state index contributed by atoms with van der Waals surface area (Å²) in [6.07, 6.45) is 11.1. The highest BCUT2D eigenvalue weighted by molar-refractivity contribution is 6.39. The maximum absolute atomic E-state index is 11.1. The highest BCUT2D eigenvalue weighted by atomic mass is 16.6. The quantitative estimate of drug-likeness (QED) is 0.573. The van der Waals surface area contributed by atoms with Gasteiger partial charge in [-0.3, -0.25) is 4.79 Å². The van der Waals surface area contributed by atoms with Gasteiger partial charge >= 0.3 is 0 Å². The fourth-order valence-corrected chi connectivity index (χ4v) is 2.12. The molecule has 0 radical (unpaired) electrons. The Bertz CT molecular complexity index is 261. The molecule has 98 valence electrons. The van der Waals surface area contributed by atoms with Gasteiger partial charge in [-0.15, -0.1) is 0 Å². The van der Waals surface area contributed by atoms with Crippen molar-refractivity contribution in [1.82, 2.24) is 0 Å². The van der Waals surface area contributed by atoms with Gasteiger partial charge in [-0.05, 0) is 12.8 Å². The van der Waals surface area contributed by atoms with Gasteiger partial charge in [0.25, 0.3) is 0 Å². The minimum atomic E-state index is 0.0482. The van der Waals surface area contributed by atoms with Crippen molar-refractivity contribution in [3.63, 3.8) is 0 Å². The first-order valence-corrected chi connectivity index (χ1v) is 6.97. The van der Waals surface area contributed by atoms with Crippen LogP contribution in [0.2, 0.25) is 0 Å². The molecular weight excluding hydrogens is 214 g/mol. The van der Waals surface area contributed by atoms with Gasteiger partial charge in [0.05, 0.1) is 0 Å². The highest BCUT2D eigenvalue weighted by Crippen LogP contribution is 2.18. The number of carbonyl (C=O) groups excluding carboxylic acids is 1. The van der Waals surface area contributed by atoms with Crippen molar-refractivity contribution in [2.24, 2.45) is 5.16 Å². The lowest BCUT2D eigenvalue weighted by Crippen LogP contribution is -2.12. The van der Waals surface area contributed by atoms with Crippen LogP contribution in [0.5, 0.6) is 0 Å². The molecule has 3 nitrogen and oxygen atoms in total. The monoisotopic (exact) mass is 239 g/mol. The molecule has 3 heteroatoms. The molecule has 0 fully saturated rings. The van der Waals surface area contributed by atoms with E-state index in [0.717, 1.165) is 6.42 Å². The summed E-state index contributed by atoms with van der Waals surface area (Å²) in [4.78, 5) is 16.3. The van der Waals surface area contributed by atoms with Crippen molar-refractivity contribution in [2.45, 2.75) is 77.7 Å². The molecule has 0 aromatic carbocycles. The summed E-state index contributed by atoms with van der Waals surface area (Å²) in [5, 5.41) is 3.82. The Morgan fingerprint density at radius 1 is 1.24 bits per heavy atom. The molecule has 1 rings (SSSR count). The number of ketones is 1. The fourth-order valence-electron chi connectivity index (χ4n) is 2.12. The van der Waals surface area contributed by atoms with Gasteiger partial charge in [0.1, 0.15) is 11.8 Å². The second-order valence-electron chi connectivity index (χ2n) is 4.94. The summed E-state index contributed by atoms with van der Waals surface area (Å²) in [6.45, 7) is 3.79. The third-order valence-corrected chi connectivity index (χ3v) is 3.27. The van der Waals surface area contributed by atoms with Crippen molar-refractivity contribution < 1.29 is 9.63 Å². The number of carbonyl (C=O) groups is 1. The van der Waals surface area contributed by atoms with Gasteiger partial charge in [-0.2, -0.15) is 0 Å². The molecule has 0 aliphatic carbocycles. The Labute approximate surface area is 105 Å². The fraction of sp³-hybridized carbons (Fsp3) is 0.857. The maximum Gasteiger partial charge on any atom is 0.177 e. The molecular formula is C14H25NO2. The summed E-state index contributed by atoms with van der Waals surface area (Å²) in [7, 11) is 0. The zero-order valence-electron chi connectivity index (χ0n) is 11.2. The average Bonchev–Trinajstić information content (AvgIpc) is 2.77. The molecule has 1 aliphatic rings. The average molecular weight is 239 g/mol. The van der Waals surface area contributed by atoms with Crippen LogP contribution in [-0.4, -0.2) is 17.6 Å². The summed E-state index contributed by atoms with van der Waals surface area (Å²) in [6, 6.07) is 0. The van der Waals surface area contributed by atoms with Gasteiger partial charge < -0.3 is 4.84 Å². The highest BCUT2D eigenvalue weighted by Gasteiger charge is 2.22. The van der Waals surface area contributed by atoms with Crippen molar-refractivity contribution in [2.75, 3.05) is 0 Å². The lowest BCUT2D eigenvalue weighted by Gasteiger charge is -2.07. The van der Waals surface area contributed by atoms with E-state index in [2.05, 4.69) is 12.1 Å². The number of hydrogen-bond donors (Lipinski definition) is 0. The number of rotatable bonds is 9. The Morgan fingerprint density at radius 3 is 2.47 bits per heavy atom. The molecule has 1 heterocycles. The smallest absolute Gasteiger partial charge is 0.177 e. The maximum atomic E-state index is 11.1. The van der Waals surface area contributed by atoms with E-state index in [1.807, 2.05) is 0 Å². The zero-order chi connectivity index (χ0) is 12.5. The summed E-state index contributed by atoms with van der Waals surface area (Å²) in [5.41, 5.74) is 0.609. The normalized spacial score (nSPS) is 18.9. The molecule has 0 aromatic rings. The van der Waals surface area contributed by atoms with Gasteiger partial charge in [0.2, 0.25) is 0 Å². The predicted octanol–water partition coefficient (Wildman–Crippen LogP) is 3.86. The van der Waals surface area contributed by atoms with Crippen molar-refractivity contribution >= 4 is 11.5 Å². The number of hydrogen-bond acceptors (Lipinski definition) is 3. The first-order chi connectivity index (χ1) is 8.24. The Kier molecular flexibility index (Phi) is 6.90. The molecule has 0 aromatic heterocycles. The largest absolute Gasteiger partial charge is 0.392 e. The van der Waals surface area contributed by atoms with E-state index in [9.17, 15) is 4.79 Å². The van der Waals surface area contributed by atoms with E-state index >= 15 is 0 Å². The Hall–Kier alpha value is -0.860. The van der Waals surface area contributed by atoms with E-state index in [1.54, 1.807) is 6.92 Å². The standard InChI is InChI=1S/C14H25NO2/c1-3-4-5-6-7-8-9-10-13-11-14(12(2)16)15-17-13/h13H,3-11H2,1-2H3. The lowest BCUT2D eigenvalue weighted by molar-refractivity contribution is -0.111. The SMILES string of the molecule is CCCCCCCCCC1CC(C(C)=O)=NO1. The third-order valence-electron chi connectivity index (χ3n) is 3.27. The molecule has 0 N–H and O–H groups in total. The first-order valence-electron chi connectivity index (χ1n) is 6.97. The summed E-state index contributed by atoms with van der Waals surface area (Å²) >= 11 is 0. The Balaban J connectivity index is 1.93. The van der Waals surface area contributed by atoms with E-state index in [-0.39, 0.29) is 11.9 Å². The lowest BCUT2D eigenvalue weighted by atomic mass is 10.0. The van der Waals surface area contributed by atoms with Gasteiger partial charge in [0.15, 0.2) is 5.78 Å². The van der Waals surface area contributed by atoms with Crippen LogP contribution in [0.4, 0.5) is 0 Å². The molecule has 1 unspecified atom stereocenters. The molecule has 0 saturated carbocycles. The molecule has 0 amide bonds. The third kappa shape index (κ3) is 5.85. The molecule has 1 atom stereocenters. The molecule has 0 bridgehead atoms. The van der Waals surface area contributed by atoms with Crippen LogP contribution in [0.15, 0.2) is 5.16 Å². The van der Waals surface area contributed by atoms with E-state index in [1.165, 1.54) is 44.9 Å². The van der Waals surface area contributed by atoms with Crippen molar-refractivity contribution in [1.29, 1.82) is 0 Å². The second kappa shape index (κ2) is 8.26. The van der Waals surface area contributed by atoms with Crippen molar-refractivity contribution in [3.8, 4) is 0 Å². The second-order valence-corrected chi connectivity index (χ2v) is 4.94. The summed E-state index contributed by atoms with van der Waals surface area (Å²) in [5.74, 6) is 0.0482. The van der Waals surface area contributed by atoms with E-state index < -0.39 is 0 Å². The van der Waals surface area contributed by atoms with Crippen LogP contribution in [0.1, 0.15) is 71.6 Å². The topological polar surface area (TPSA) is 38.7 Å². The van der Waals surface area contributed by atoms with E-state index in [0.29, 0.717) is 12.1 Å².